The lowest BCUT2D eigenvalue weighted by Crippen LogP contribution is -2.24. The minimum absolute atomic E-state index is 0.0818. The lowest BCUT2D eigenvalue weighted by molar-refractivity contribution is -0.115. The van der Waals surface area contributed by atoms with Gasteiger partial charge in [0.15, 0.2) is 0 Å². The van der Waals surface area contributed by atoms with Crippen molar-refractivity contribution in [3.8, 4) is 0 Å². The molecule has 4 N–H and O–H groups in total. The second-order valence-corrected chi connectivity index (χ2v) is 4.37. The number of primary amides is 2. The van der Waals surface area contributed by atoms with Crippen molar-refractivity contribution in [3.63, 3.8) is 0 Å². The molecular weight excluding hydrogens is 302 g/mol. The summed E-state index contributed by atoms with van der Waals surface area (Å²) in [5.41, 5.74) is 11.4. The molecule has 1 aromatic rings. The van der Waals surface area contributed by atoms with Crippen LogP contribution in [0.4, 0.5) is 5.69 Å². The summed E-state index contributed by atoms with van der Waals surface area (Å²) in [4.78, 5) is 33.9. The zero-order valence-corrected chi connectivity index (χ0v) is 11.4. The maximum atomic E-state index is 11.5. The van der Waals surface area contributed by atoms with Gasteiger partial charge in [0, 0.05) is 12.5 Å². The average molecular weight is 314 g/mol. The van der Waals surface area contributed by atoms with E-state index in [1.807, 2.05) is 0 Å². The molecule has 0 saturated carbocycles. The fourth-order valence-electron chi connectivity index (χ4n) is 1.61. The van der Waals surface area contributed by atoms with E-state index in [0.717, 1.165) is 3.93 Å². The van der Waals surface area contributed by atoms with Gasteiger partial charge < -0.3 is 11.5 Å². The molecule has 0 radical (unpaired) electrons. The Bertz CT molecular complexity index is 543. The van der Waals surface area contributed by atoms with Crippen LogP contribution < -0.4 is 15.4 Å². The molecule has 3 amide bonds. The van der Waals surface area contributed by atoms with E-state index < -0.39 is 11.8 Å². The van der Waals surface area contributed by atoms with Gasteiger partial charge >= 0.3 is 0 Å². The standard InChI is InChI=1S/C11H12BrN3O3/c1-5-7(10(13)17)3-4-8(9(5)11(14)18)15(12)6(2)16/h3-4H,1-2H3,(H2,13,17)(H2,14,18). The van der Waals surface area contributed by atoms with Crippen LogP contribution in [0.25, 0.3) is 0 Å². The molecule has 1 rings (SSSR count). The van der Waals surface area contributed by atoms with Crippen molar-refractivity contribution in [2.24, 2.45) is 11.5 Å². The Labute approximate surface area is 112 Å². The first-order valence-corrected chi connectivity index (χ1v) is 5.68. The Morgan fingerprint density at radius 3 is 2.11 bits per heavy atom. The molecule has 0 fully saturated rings. The average Bonchev–Trinajstić information content (AvgIpc) is 2.26. The molecule has 0 aliphatic carbocycles. The second-order valence-electron chi connectivity index (χ2n) is 3.66. The zero-order valence-electron chi connectivity index (χ0n) is 9.86. The monoisotopic (exact) mass is 313 g/mol. The van der Waals surface area contributed by atoms with Crippen molar-refractivity contribution in [1.82, 2.24) is 0 Å². The number of halogens is 1. The van der Waals surface area contributed by atoms with Crippen LogP contribution in [0.1, 0.15) is 33.2 Å². The third-order valence-corrected chi connectivity index (χ3v) is 3.32. The molecule has 0 spiro atoms. The number of carbonyl (C=O) groups is 3. The minimum Gasteiger partial charge on any atom is -0.366 e. The second kappa shape index (κ2) is 5.18. The molecule has 0 aliphatic heterocycles. The first kappa shape index (κ1) is 14.2. The molecular formula is C11H12BrN3O3. The van der Waals surface area contributed by atoms with Gasteiger partial charge in [0.25, 0.3) is 5.91 Å². The van der Waals surface area contributed by atoms with Crippen LogP contribution in [0.3, 0.4) is 0 Å². The van der Waals surface area contributed by atoms with E-state index in [-0.39, 0.29) is 22.7 Å². The van der Waals surface area contributed by atoms with Gasteiger partial charge in [-0.3, -0.25) is 14.4 Å². The number of nitrogens with two attached hydrogens (primary N) is 2. The number of benzene rings is 1. The summed E-state index contributed by atoms with van der Waals surface area (Å²) in [7, 11) is 0. The van der Waals surface area contributed by atoms with Crippen molar-refractivity contribution in [3.05, 3.63) is 28.8 Å². The molecule has 0 atom stereocenters. The number of carbonyl (C=O) groups excluding carboxylic acids is 3. The Kier molecular flexibility index (Phi) is 4.07. The molecule has 0 aromatic heterocycles. The van der Waals surface area contributed by atoms with Crippen molar-refractivity contribution < 1.29 is 14.4 Å². The summed E-state index contributed by atoms with van der Waals surface area (Å²) in [6.07, 6.45) is 0. The van der Waals surface area contributed by atoms with Crippen molar-refractivity contribution >= 4 is 39.6 Å². The fourth-order valence-corrected chi connectivity index (χ4v) is 1.90. The van der Waals surface area contributed by atoms with Gasteiger partial charge in [0.1, 0.15) is 0 Å². The van der Waals surface area contributed by atoms with Crippen LogP contribution in [-0.2, 0) is 4.79 Å². The number of amides is 3. The summed E-state index contributed by atoms with van der Waals surface area (Å²) < 4.78 is 1.10. The molecule has 18 heavy (non-hydrogen) atoms. The Morgan fingerprint density at radius 2 is 1.72 bits per heavy atom. The van der Waals surface area contributed by atoms with E-state index in [0.29, 0.717) is 5.56 Å². The molecule has 1 aromatic carbocycles. The van der Waals surface area contributed by atoms with Gasteiger partial charge in [-0.05, 0) is 24.6 Å². The van der Waals surface area contributed by atoms with E-state index in [2.05, 4.69) is 16.1 Å². The largest absolute Gasteiger partial charge is 0.366 e. The first-order chi connectivity index (χ1) is 8.27. The normalized spacial score (nSPS) is 9.94. The smallest absolute Gasteiger partial charge is 0.251 e. The van der Waals surface area contributed by atoms with Crippen molar-refractivity contribution in [1.29, 1.82) is 0 Å². The topological polar surface area (TPSA) is 106 Å². The maximum Gasteiger partial charge on any atom is 0.251 e. The van der Waals surface area contributed by atoms with Crippen LogP contribution in [0.15, 0.2) is 12.1 Å². The maximum absolute atomic E-state index is 11.5. The van der Waals surface area contributed by atoms with Gasteiger partial charge in [0.05, 0.1) is 27.4 Å². The quantitative estimate of drug-likeness (QED) is 0.808. The number of hydrogen-bond donors (Lipinski definition) is 2. The molecule has 0 unspecified atom stereocenters. The highest BCUT2D eigenvalue weighted by Gasteiger charge is 2.21. The van der Waals surface area contributed by atoms with E-state index >= 15 is 0 Å². The Morgan fingerprint density at radius 1 is 1.17 bits per heavy atom. The molecule has 0 saturated heterocycles. The number of nitrogens with zero attached hydrogens (tertiary/aromatic N) is 1. The van der Waals surface area contributed by atoms with Gasteiger partial charge in [-0.1, -0.05) is 0 Å². The Hall–Kier alpha value is -1.89. The third-order valence-electron chi connectivity index (χ3n) is 2.44. The predicted molar refractivity (Wildman–Crippen MR) is 70.3 cm³/mol. The molecule has 7 heteroatoms. The lowest BCUT2D eigenvalue weighted by Gasteiger charge is -2.18. The SMILES string of the molecule is CC(=O)N(Br)c1ccc(C(N)=O)c(C)c1C(N)=O. The first-order valence-electron chi connectivity index (χ1n) is 4.97. The molecule has 0 heterocycles. The highest BCUT2D eigenvalue weighted by atomic mass is 79.9. The highest BCUT2D eigenvalue weighted by molar-refractivity contribution is 9.10. The molecule has 96 valence electrons. The van der Waals surface area contributed by atoms with E-state index in [9.17, 15) is 14.4 Å². The summed E-state index contributed by atoms with van der Waals surface area (Å²) >= 11 is 3.03. The van der Waals surface area contributed by atoms with Crippen LogP contribution in [0, 0.1) is 6.92 Å². The third kappa shape index (κ3) is 2.51. The summed E-state index contributed by atoms with van der Waals surface area (Å²) in [6, 6.07) is 2.87. The molecule has 6 nitrogen and oxygen atoms in total. The van der Waals surface area contributed by atoms with Gasteiger partial charge in [-0.2, -0.15) is 0 Å². The minimum atomic E-state index is -0.740. The van der Waals surface area contributed by atoms with Crippen LogP contribution >= 0.6 is 16.1 Å². The summed E-state index contributed by atoms with van der Waals surface area (Å²) in [6.45, 7) is 2.86. The van der Waals surface area contributed by atoms with Gasteiger partial charge in [-0.25, -0.2) is 3.93 Å². The molecule has 0 aliphatic rings. The van der Waals surface area contributed by atoms with Crippen LogP contribution in [0.2, 0.25) is 0 Å². The summed E-state index contributed by atoms with van der Waals surface area (Å²) in [5, 5.41) is 0. The predicted octanol–water partition coefficient (Wildman–Crippen LogP) is 0.856. The van der Waals surface area contributed by atoms with Crippen LogP contribution in [0.5, 0.6) is 0 Å². The zero-order chi connectivity index (χ0) is 14.0. The van der Waals surface area contributed by atoms with E-state index in [1.54, 1.807) is 6.92 Å². The Balaban J connectivity index is 3.56. The number of hydrogen-bond acceptors (Lipinski definition) is 3. The number of rotatable bonds is 3. The fraction of sp³-hybridized carbons (Fsp3) is 0.182. The van der Waals surface area contributed by atoms with Crippen LogP contribution in [-0.4, -0.2) is 17.7 Å². The van der Waals surface area contributed by atoms with Crippen molar-refractivity contribution in [2.75, 3.05) is 3.93 Å². The van der Waals surface area contributed by atoms with Crippen molar-refractivity contribution in [2.45, 2.75) is 13.8 Å². The van der Waals surface area contributed by atoms with Gasteiger partial charge in [0.2, 0.25) is 11.8 Å². The molecule has 0 bridgehead atoms. The highest BCUT2D eigenvalue weighted by Crippen LogP contribution is 2.28. The number of anilines is 1. The van der Waals surface area contributed by atoms with E-state index in [1.165, 1.54) is 19.1 Å². The van der Waals surface area contributed by atoms with Gasteiger partial charge in [-0.15, -0.1) is 0 Å². The summed E-state index contributed by atoms with van der Waals surface area (Å²) in [5.74, 6) is -1.73. The lowest BCUT2D eigenvalue weighted by atomic mass is 9.99. The van der Waals surface area contributed by atoms with E-state index in [4.69, 9.17) is 11.5 Å².